The first-order valence-electron chi connectivity index (χ1n) is 6.13. The number of hydrogen-bond acceptors (Lipinski definition) is 2. The minimum Gasteiger partial charge on any atom is -0.411 e. The maximum atomic E-state index is 9.65. The molecule has 1 N–H and O–H groups in total. The minimum atomic E-state index is -1.70. The average molecular weight is 242 g/mol. The zero-order chi connectivity index (χ0) is 12.6. The average Bonchev–Trinajstić information content (AvgIpc) is 2.81. The summed E-state index contributed by atoms with van der Waals surface area (Å²) >= 11 is 0. The summed E-state index contributed by atoms with van der Waals surface area (Å²) in [5, 5.41) is 9.89. The van der Waals surface area contributed by atoms with Crippen LogP contribution < -0.4 is 0 Å². The molecule has 1 fully saturated rings. The van der Waals surface area contributed by atoms with Crippen molar-refractivity contribution in [2.45, 2.75) is 69.9 Å². The van der Waals surface area contributed by atoms with Crippen molar-refractivity contribution in [2.24, 2.45) is 0 Å². The summed E-state index contributed by atoms with van der Waals surface area (Å²) in [6, 6.07) is 0. The molecule has 0 radical (unpaired) electrons. The molecular weight excluding hydrogens is 216 g/mol. The molecule has 1 saturated carbocycles. The quantitative estimate of drug-likeness (QED) is 0.591. The SMILES string of the molecule is C=C[C@H](O)CC1(O[Si](C)(C)C(C)(C)C)CC1. The number of hydrogen-bond donors (Lipinski definition) is 1. The van der Waals surface area contributed by atoms with Crippen LogP contribution in [0.2, 0.25) is 18.1 Å². The second kappa shape index (κ2) is 4.28. The fraction of sp³-hybridized carbons (Fsp3) is 0.846. The van der Waals surface area contributed by atoms with E-state index in [2.05, 4.69) is 40.4 Å². The van der Waals surface area contributed by atoms with E-state index in [4.69, 9.17) is 4.43 Å². The van der Waals surface area contributed by atoms with Crippen LogP contribution in [0, 0.1) is 0 Å². The molecule has 16 heavy (non-hydrogen) atoms. The van der Waals surface area contributed by atoms with Gasteiger partial charge in [0, 0.05) is 6.42 Å². The highest BCUT2D eigenvalue weighted by Crippen LogP contribution is 2.50. The van der Waals surface area contributed by atoms with Crippen molar-refractivity contribution in [3.05, 3.63) is 12.7 Å². The van der Waals surface area contributed by atoms with Gasteiger partial charge < -0.3 is 9.53 Å². The third-order valence-electron chi connectivity index (χ3n) is 3.94. The predicted molar refractivity (Wildman–Crippen MR) is 71.1 cm³/mol. The Hall–Kier alpha value is -0.123. The lowest BCUT2D eigenvalue weighted by atomic mass is 10.1. The second-order valence-electron chi connectivity index (χ2n) is 6.55. The Kier molecular flexibility index (Phi) is 3.73. The van der Waals surface area contributed by atoms with E-state index in [9.17, 15) is 5.11 Å². The summed E-state index contributed by atoms with van der Waals surface area (Å²) in [5.41, 5.74) is -0.0450. The van der Waals surface area contributed by atoms with E-state index in [0.717, 1.165) is 12.8 Å². The molecule has 0 unspecified atom stereocenters. The molecule has 0 aliphatic heterocycles. The van der Waals surface area contributed by atoms with Crippen LogP contribution in [-0.2, 0) is 4.43 Å². The van der Waals surface area contributed by atoms with Gasteiger partial charge in [-0.1, -0.05) is 26.8 Å². The third kappa shape index (κ3) is 3.19. The molecule has 0 saturated heterocycles. The standard InChI is InChI=1S/C13H26O2Si/c1-7-11(14)10-13(8-9-13)15-16(5,6)12(2,3)4/h7,11,14H,1,8-10H2,2-6H3/t11-/m0/s1. The first kappa shape index (κ1) is 13.9. The molecule has 1 atom stereocenters. The van der Waals surface area contributed by atoms with Crippen LogP contribution in [0.1, 0.15) is 40.0 Å². The highest BCUT2D eigenvalue weighted by molar-refractivity contribution is 6.74. The van der Waals surface area contributed by atoms with E-state index < -0.39 is 14.4 Å². The summed E-state index contributed by atoms with van der Waals surface area (Å²) in [4.78, 5) is 0. The van der Waals surface area contributed by atoms with Gasteiger partial charge in [-0.2, -0.15) is 0 Å². The smallest absolute Gasteiger partial charge is 0.192 e. The van der Waals surface area contributed by atoms with E-state index in [1.807, 2.05) is 0 Å². The first-order valence-corrected chi connectivity index (χ1v) is 9.04. The molecule has 0 aromatic rings. The van der Waals surface area contributed by atoms with Crippen LogP contribution >= 0.6 is 0 Å². The normalized spacial score (nSPS) is 21.6. The van der Waals surface area contributed by atoms with Crippen LogP contribution in [0.4, 0.5) is 0 Å². The molecule has 94 valence electrons. The minimum absolute atomic E-state index is 0.0450. The Balaban J connectivity index is 2.63. The zero-order valence-corrected chi connectivity index (χ0v) is 12.3. The number of rotatable bonds is 5. The Morgan fingerprint density at radius 3 is 2.25 bits per heavy atom. The van der Waals surface area contributed by atoms with Gasteiger partial charge in [-0.3, -0.25) is 0 Å². The van der Waals surface area contributed by atoms with Gasteiger partial charge in [-0.25, -0.2) is 0 Å². The van der Waals surface area contributed by atoms with Gasteiger partial charge in [0.2, 0.25) is 0 Å². The molecule has 0 aromatic heterocycles. The first-order chi connectivity index (χ1) is 7.12. The lowest BCUT2D eigenvalue weighted by Crippen LogP contribution is -2.45. The van der Waals surface area contributed by atoms with Crippen molar-refractivity contribution < 1.29 is 9.53 Å². The molecule has 0 heterocycles. The lowest BCUT2D eigenvalue weighted by molar-refractivity contribution is 0.0930. The molecule has 1 rings (SSSR count). The van der Waals surface area contributed by atoms with Crippen molar-refractivity contribution in [1.29, 1.82) is 0 Å². The molecule has 2 nitrogen and oxygen atoms in total. The van der Waals surface area contributed by atoms with Gasteiger partial charge in [-0.15, -0.1) is 6.58 Å². The predicted octanol–water partition coefficient (Wildman–Crippen LogP) is 3.48. The highest BCUT2D eigenvalue weighted by Gasteiger charge is 2.51. The lowest BCUT2D eigenvalue weighted by Gasteiger charge is -2.40. The molecule has 0 amide bonds. The van der Waals surface area contributed by atoms with E-state index in [1.54, 1.807) is 6.08 Å². The van der Waals surface area contributed by atoms with Crippen LogP contribution in [-0.4, -0.2) is 25.1 Å². The molecule has 3 heteroatoms. The summed E-state index contributed by atoms with van der Waals surface area (Å²) in [5.74, 6) is 0. The van der Waals surface area contributed by atoms with Crippen LogP contribution in [0.5, 0.6) is 0 Å². The number of aliphatic hydroxyl groups excluding tert-OH is 1. The molecule has 1 aliphatic carbocycles. The summed E-state index contributed by atoms with van der Waals surface area (Å²) in [6.45, 7) is 14.9. The highest BCUT2D eigenvalue weighted by atomic mass is 28.4. The van der Waals surface area contributed by atoms with Crippen LogP contribution in [0.25, 0.3) is 0 Å². The van der Waals surface area contributed by atoms with Crippen molar-refractivity contribution in [1.82, 2.24) is 0 Å². The van der Waals surface area contributed by atoms with E-state index in [-0.39, 0.29) is 10.6 Å². The van der Waals surface area contributed by atoms with E-state index in [1.165, 1.54) is 0 Å². The van der Waals surface area contributed by atoms with Crippen molar-refractivity contribution in [3.8, 4) is 0 Å². The van der Waals surface area contributed by atoms with Gasteiger partial charge >= 0.3 is 0 Å². The fourth-order valence-electron chi connectivity index (χ4n) is 1.65. The Morgan fingerprint density at radius 1 is 1.44 bits per heavy atom. The van der Waals surface area contributed by atoms with Gasteiger partial charge in [-0.05, 0) is 31.0 Å². The van der Waals surface area contributed by atoms with E-state index in [0.29, 0.717) is 6.42 Å². The van der Waals surface area contributed by atoms with Gasteiger partial charge in [0.15, 0.2) is 8.32 Å². The van der Waals surface area contributed by atoms with Crippen molar-refractivity contribution >= 4 is 8.32 Å². The Morgan fingerprint density at radius 2 is 1.94 bits per heavy atom. The fourth-order valence-corrected chi connectivity index (χ4v) is 3.32. The molecule has 0 spiro atoms. The zero-order valence-electron chi connectivity index (χ0n) is 11.3. The monoisotopic (exact) mass is 242 g/mol. The Labute approximate surface area is 101 Å². The topological polar surface area (TPSA) is 29.5 Å². The van der Waals surface area contributed by atoms with Gasteiger partial charge in [0.1, 0.15) is 0 Å². The summed E-state index contributed by atoms with van der Waals surface area (Å²) < 4.78 is 6.40. The van der Waals surface area contributed by atoms with Gasteiger partial charge in [0.25, 0.3) is 0 Å². The van der Waals surface area contributed by atoms with Crippen molar-refractivity contribution in [3.63, 3.8) is 0 Å². The molecular formula is C13H26O2Si. The van der Waals surface area contributed by atoms with Crippen molar-refractivity contribution in [2.75, 3.05) is 0 Å². The summed E-state index contributed by atoms with van der Waals surface area (Å²) in [6.07, 6.45) is 4.07. The van der Waals surface area contributed by atoms with Crippen LogP contribution in [0.3, 0.4) is 0 Å². The third-order valence-corrected chi connectivity index (χ3v) is 8.49. The summed E-state index contributed by atoms with van der Waals surface area (Å²) in [7, 11) is -1.70. The maximum Gasteiger partial charge on any atom is 0.192 e. The maximum absolute atomic E-state index is 9.65. The van der Waals surface area contributed by atoms with Gasteiger partial charge in [0.05, 0.1) is 11.7 Å². The molecule has 0 bridgehead atoms. The molecule has 0 aromatic carbocycles. The van der Waals surface area contributed by atoms with Crippen LogP contribution in [0.15, 0.2) is 12.7 Å². The largest absolute Gasteiger partial charge is 0.411 e. The second-order valence-corrected chi connectivity index (χ2v) is 11.3. The molecule has 1 aliphatic rings. The Bertz CT molecular complexity index is 262. The number of aliphatic hydroxyl groups is 1. The van der Waals surface area contributed by atoms with E-state index >= 15 is 0 Å².